The third-order valence-electron chi connectivity index (χ3n) is 4.42. The highest BCUT2D eigenvalue weighted by Gasteiger charge is 2.10. The van der Waals surface area contributed by atoms with Crippen molar-refractivity contribution >= 4 is 17.4 Å². The molecule has 0 saturated carbocycles. The van der Waals surface area contributed by atoms with Crippen molar-refractivity contribution in [2.75, 3.05) is 24.3 Å². The summed E-state index contributed by atoms with van der Waals surface area (Å²) in [6.45, 7) is 2.77. The lowest BCUT2D eigenvalue weighted by atomic mass is 10.1. The topological polar surface area (TPSA) is 76.1 Å². The zero-order valence-corrected chi connectivity index (χ0v) is 16.1. The Labute approximate surface area is 165 Å². The van der Waals surface area contributed by atoms with Crippen molar-refractivity contribution < 1.29 is 9.53 Å². The Bertz CT molecular complexity index is 909. The van der Waals surface area contributed by atoms with E-state index in [-0.39, 0.29) is 11.6 Å². The molecule has 0 bridgehead atoms. The molecule has 1 heterocycles. The molecule has 3 aromatic rings. The Balaban J connectivity index is 1.53. The van der Waals surface area contributed by atoms with Gasteiger partial charge in [-0.15, -0.1) is 10.2 Å². The second-order valence-corrected chi connectivity index (χ2v) is 6.29. The number of nitrogens with one attached hydrogen (secondary N) is 2. The summed E-state index contributed by atoms with van der Waals surface area (Å²) in [5, 5.41) is 14.3. The summed E-state index contributed by atoms with van der Waals surface area (Å²) in [5.41, 5.74) is 3.37. The van der Waals surface area contributed by atoms with Gasteiger partial charge in [0.05, 0.1) is 7.11 Å². The summed E-state index contributed by atoms with van der Waals surface area (Å²) in [4.78, 5) is 12.4. The van der Waals surface area contributed by atoms with Crippen LogP contribution >= 0.6 is 0 Å². The van der Waals surface area contributed by atoms with Gasteiger partial charge in [-0.3, -0.25) is 4.79 Å². The van der Waals surface area contributed by atoms with E-state index in [4.69, 9.17) is 4.74 Å². The molecule has 3 rings (SSSR count). The average Bonchev–Trinajstić information content (AvgIpc) is 2.75. The third-order valence-corrected chi connectivity index (χ3v) is 4.42. The third kappa shape index (κ3) is 5.07. The number of amides is 1. The number of hydrogen-bond donors (Lipinski definition) is 2. The molecule has 1 aromatic heterocycles. The maximum absolute atomic E-state index is 12.4. The monoisotopic (exact) mass is 376 g/mol. The van der Waals surface area contributed by atoms with Gasteiger partial charge in [0.2, 0.25) is 0 Å². The summed E-state index contributed by atoms with van der Waals surface area (Å²) < 4.78 is 5.16. The van der Waals surface area contributed by atoms with Gasteiger partial charge in [-0.2, -0.15) is 0 Å². The van der Waals surface area contributed by atoms with Crippen LogP contribution in [0.3, 0.4) is 0 Å². The van der Waals surface area contributed by atoms with Crippen molar-refractivity contribution in [2.45, 2.75) is 19.8 Å². The predicted octanol–water partition coefficient (Wildman–Crippen LogP) is 3.95. The molecule has 0 spiro atoms. The number of hydrogen-bond acceptors (Lipinski definition) is 5. The first-order valence-electron chi connectivity index (χ1n) is 9.29. The number of anilines is 2. The maximum Gasteiger partial charge on any atom is 0.276 e. The molecule has 0 unspecified atom stereocenters. The molecule has 6 heteroatoms. The highest BCUT2D eigenvalue weighted by Crippen LogP contribution is 2.16. The van der Waals surface area contributed by atoms with Crippen LogP contribution in [0, 0.1) is 0 Å². The fourth-order valence-corrected chi connectivity index (χ4v) is 2.81. The van der Waals surface area contributed by atoms with Gasteiger partial charge in [0.25, 0.3) is 5.91 Å². The Morgan fingerprint density at radius 2 is 1.79 bits per heavy atom. The molecule has 0 atom stereocenters. The average molecular weight is 376 g/mol. The largest absolute Gasteiger partial charge is 0.497 e. The van der Waals surface area contributed by atoms with Crippen LogP contribution in [-0.4, -0.2) is 29.8 Å². The van der Waals surface area contributed by atoms with Crippen molar-refractivity contribution in [3.63, 3.8) is 0 Å². The van der Waals surface area contributed by atoms with E-state index < -0.39 is 0 Å². The van der Waals surface area contributed by atoms with Crippen LogP contribution in [-0.2, 0) is 12.8 Å². The van der Waals surface area contributed by atoms with Crippen molar-refractivity contribution in [3.8, 4) is 5.75 Å². The number of aromatic nitrogens is 2. The molecule has 0 aliphatic rings. The van der Waals surface area contributed by atoms with Crippen molar-refractivity contribution in [3.05, 3.63) is 77.5 Å². The van der Waals surface area contributed by atoms with Gasteiger partial charge in [-0.1, -0.05) is 37.3 Å². The normalized spacial score (nSPS) is 10.4. The quantitative estimate of drug-likeness (QED) is 0.622. The van der Waals surface area contributed by atoms with Crippen LogP contribution < -0.4 is 15.4 Å². The van der Waals surface area contributed by atoms with Gasteiger partial charge in [0.1, 0.15) is 11.6 Å². The van der Waals surface area contributed by atoms with Crippen LogP contribution in [0.4, 0.5) is 11.5 Å². The minimum Gasteiger partial charge on any atom is -0.497 e. The zero-order chi connectivity index (χ0) is 19.8. The van der Waals surface area contributed by atoms with Crippen LogP contribution in [0.15, 0.2) is 60.7 Å². The minimum atomic E-state index is -0.266. The summed E-state index contributed by atoms with van der Waals surface area (Å²) in [6, 6.07) is 19.1. The summed E-state index contributed by atoms with van der Waals surface area (Å²) in [7, 11) is 1.65. The van der Waals surface area contributed by atoms with E-state index in [1.165, 1.54) is 5.56 Å². The minimum absolute atomic E-state index is 0.266. The van der Waals surface area contributed by atoms with E-state index in [0.29, 0.717) is 5.82 Å². The first kappa shape index (κ1) is 19.4. The highest BCUT2D eigenvalue weighted by molar-refractivity contribution is 6.03. The second-order valence-electron chi connectivity index (χ2n) is 6.29. The lowest BCUT2D eigenvalue weighted by molar-refractivity contribution is 0.102. The molecule has 0 radical (unpaired) electrons. The molecule has 2 aromatic carbocycles. The van der Waals surface area contributed by atoms with Gasteiger partial charge < -0.3 is 15.4 Å². The first-order chi connectivity index (χ1) is 13.7. The molecule has 0 aliphatic heterocycles. The Morgan fingerprint density at radius 3 is 2.46 bits per heavy atom. The Hall–Kier alpha value is -3.41. The Morgan fingerprint density at radius 1 is 1.00 bits per heavy atom. The number of ether oxygens (including phenoxy) is 1. The van der Waals surface area contributed by atoms with Crippen LogP contribution in [0.5, 0.6) is 5.75 Å². The number of benzene rings is 2. The van der Waals surface area contributed by atoms with Crippen LogP contribution in [0.2, 0.25) is 0 Å². The van der Waals surface area contributed by atoms with Gasteiger partial charge in [0, 0.05) is 12.2 Å². The SMILES string of the molecule is CCc1ccccc1NC(=O)c1ccc(NCCc2ccc(OC)cc2)nn1. The summed E-state index contributed by atoms with van der Waals surface area (Å²) in [6.07, 6.45) is 1.70. The fraction of sp³-hybridized carbons (Fsp3) is 0.227. The molecule has 0 fully saturated rings. The number of carbonyl (C=O) groups excluding carboxylic acids is 1. The van der Waals surface area contributed by atoms with E-state index >= 15 is 0 Å². The molecule has 6 nitrogen and oxygen atoms in total. The number of carbonyl (C=O) groups is 1. The molecule has 0 aliphatic carbocycles. The second kappa shape index (κ2) is 9.50. The molecule has 28 heavy (non-hydrogen) atoms. The lowest BCUT2D eigenvalue weighted by Crippen LogP contribution is -2.16. The first-order valence-corrected chi connectivity index (χ1v) is 9.29. The molecule has 2 N–H and O–H groups in total. The lowest BCUT2D eigenvalue weighted by Gasteiger charge is -2.09. The van der Waals surface area contributed by atoms with Crippen LogP contribution in [0.25, 0.3) is 0 Å². The molecule has 0 saturated heterocycles. The van der Waals surface area contributed by atoms with E-state index in [1.807, 2.05) is 48.5 Å². The molecule has 144 valence electrons. The number of rotatable bonds is 8. The van der Waals surface area contributed by atoms with Crippen molar-refractivity contribution in [2.24, 2.45) is 0 Å². The molecular weight excluding hydrogens is 352 g/mol. The summed E-state index contributed by atoms with van der Waals surface area (Å²) >= 11 is 0. The highest BCUT2D eigenvalue weighted by atomic mass is 16.5. The maximum atomic E-state index is 12.4. The number of nitrogens with zero attached hydrogens (tertiary/aromatic N) is 2. The number of para-hydroxylation sites is 1. The zero-order valence-electron chi connectivity index (χ0n) is 16.1. The van der Waals surface area contributed by atoms with Gasteiger partial charge >= 0.3 is 0 Å². The smallest absolute Gasteiger partial charge is 0.276 e. The Kier molecular flexibility index (Phi) is 6.57. The van der Waals surface area contributed by atoms with E-state index in [0.717, 1.165) is 36.4 Å². The van der Waals surface area contributed by atoms with Crippen LogP contribution in [0.1, 0.15) is 28.5 Å². The van der Waals surface area contributed by atoms with E-state index in [2.05, 4.69) is 27.8 Å². The van der Waals surface area contributed by atoms with Gasteiger partial charge in [0.15, 0.2) is 5.69 Å². The number of methoxy groups -OCH3 is 1. The van der Waals surface area contributed by atoms with Gasteiger partial charge in [-0.05, 0) is 54.3 Å². The van der Waals surface area contributed by atoms with Crippen molar-refractivity contribution in [1.82, 2.24) is 10.2 Å². The molecule has 1 amide bonds. The summed E-state index contributed by atoms with van der Waals surface area (Å²) in [5.74, 6) is 1.22. The molecular formula is C22H24N4O2. The van der Waals surface area contributed by atoms with E-state index in [1.54, 1.807) is 19.2 Å². The fourth-order valence-electron chi connectivity index (χ4n) is 2.81. The van der Waals surface area contributed by atoms with Crippen molar-refractivity contribution in [1.29, 1.82) is 0 Å². The van der Waals surface area contributed by atoms with E-state index in [9.17, 15) is 4.79 Å². The van der Waals surface area contributed by atoms with Gasteiger partial charge in [-0.25, -0.2) is 0 Å². The standard InChI is InChI=1S/C22H24N4O2/c1-3-17-6-4-5-7-19(17)24-22(27)20-12-13-21(26-25-20)23-15-14-16-8-10-18(28-2)11-9-16/h4-13H,3,14-15H2,1-2H3,(H,23,26)(H,24,27). The predicted molar refractivity (Wildman–Crippen MR) is 111 cm³/mol. The number of aryl methyl sites for hydroxylation is 1.